The van der Waals surface area contributed by atoms with Gasteiger partial charge in [0.05, 0.1) is 12.7 Å². The molecular formula is C15H22N2O2. The third-order valence-electron chi connectivity index (χ3n) is 3.37. The number of carbonyl (C=O) groups is 1. The van der Waals surface area contributed by atoms with Gasteiger partial charge in [-0.3, -0.25) is 4.79 Å². The van der Waals surface area contributed by atoms with Crippen molar-refractivity contribution in [3.8, 4) is 0 Å². The second kappa shape index (κ2) is 4.22. The highest BCUT2D eigenvalue weighted by atomic mass is 16.5. The van der Waals surface area contributed by atoms with Gasteiger partial charge in [0.1, 0.15) is 0 Å². The van der Waals surface area contributed by atoms with E-state index in [0.29, 0.717) is 6.54 Å². The molecule has 1 amide bonds. The fourth-order valence-corrected chi connectivity index (χ4v) is 2.17. The van der Waals surface area contributed by atoms with Crippen LogP contribution in [-0.2, 0) is 11.3 Å². The summed E-state index contributed by atoms with van der Waals surface area (Å²) in [4.78, 5) is 14.6. The molecular weight excluding hydrogens is 240 g/mol. The van der Waals surface area contributed by atoms with Gasteiger partial charge in [-0.25, -0.2) is 0 Å². The van der Waals surface area contributed by atoms with Crippen molar-refractivity contribution in [3.05, 3.63) is 23.1 Å². The third-order valence-corrected chi connectivity index (χ3v) is 3.37. The van der Waals surface area contributed by atoms with Gasteiger partial charge in [-0.15, -0.1) is 0 Å². The Morgan fingerprint density at radius 2 is 1.84 bits per heavy atom. The van der Waals surface area contributed by atoms with Crippen molar-refractivity contribution in [1.29, 1.82) is 0 Å². The van der Waals surface area contributed by atoms with Crippen LogP contribution in [0.5, 0.6) is 0 Å². The maximum atomic E-state index is 12.8. The van der Waals surface area contributed by atoms with E-state index in [2.05, 4.69) is 25.9 Å². The number of nitrogens with zero attached hydrogens (tertiary/aromatic N) is 2. The molecule has 0 aromatic carbocycles. The highest BCUT2D eigenvalue weighted by Crippen LogP contribution is 2.35. The van der Waals surface area contributed by atoms with E-state index in [1.165, 1.54) is 0 Å². The quantitative estimate of drug-likeness (QED) is 0.721. The number of hydrogen-bond donors (Lipinski definition) is 0. The molecule has 0 saturated carbocycles. The molecule has 1 aliphatic rings. The molecule has 0 spiro atoms. The molecule has 1 aromatic rings. The molecule has 4 nitrogen and oxygen atoms in total. The number of fused-ring (bicyclic) bond motifs is 1. The average Bonchev–Trinajstić information content (AvgIpc) is 2.60. The molecule has 0 N–H and O–H groups in total. The van der Waals surface area contributed by atoms with Crippen LogP contribution in [-0.4, -0.2) is 21.5 Å². The van der Waals surface area contributed by atoms with Gasteiger partial charge >= 0.3 is 0 Å². The summed E-state index contributed by atoms with van der Waals surface area (Å²) in [6.45, 7) is 12.7. The molecule has 0 radical (unpaired) electrons. The van der Waals surface area contributed by atoms with E-state index < -0.39 is 0 Å². The summed E-state index contributed by atoms with van der Waals surface area (Å²) in [5.74, 6) is 0.828. The molecule has 0 fully saturated rings. The number of rotatable bonds is 0. The standard InChI is InChI=1S/C15H22N2O2/c1-14(2,3)11-7-10-8-16-19-12(10)9-17(13(11)18)15(4,5)6/h7-8H,9H2,1-6H3. The molecule has 0 bridgehead atoms. The van der Waals surface area contributed by atoms with Crippen molar-refractivity contribution in [3.63, 3.8) is 0 Å². The van der Waals surface area contributed by atoms with Crippen LogP contribution in [0, 0.1) is 5.41 Å². The summed E-state index contributed by atoms with van der Waals surface area (Å²) in [5.41, 5.74) is 1.24. The fraction of sp³-hybridized carbons (Fsp3) is 0.600. The van der Waals surface area contributed by atoms with Crippen molar-refractivity contribution >= 4 is 12.0 Å². The molecule has 1 aromatic heterocycles. The zero-order chi connectivity index (χ0) is 14.4. The average molecular weight is 262 g/mol. The molecule has 0 saturated heterocycles. The second-order valence-electron chi connectivity index (χ2n) is 7.07. The van der Waals surface area contributed by atoms with Gasteiger partial charge in [-0.2, -0.15) is 0 Å². The highest BCUT2D eigenvalue weighted by molar-refractivity contribution is 6.00. The van der Waals surface area contributed by atoms with Crippen LogP contribution < -0.4 is 0 Å². The monoisotopic (exact) mass is 262 g/mol. The summed E-state index contributed by atoms with van der Waals surface area (Å²) >= 11 is 0. The Morgan fingerprint density at radius 3 is 2.37 bits per heavy atom. The molecule has 0 aliphatic carbocycles. The van der Waals surface area contributed by atoms with E-state index in [1.54, 1.807) is 6.20 Å². The minimum Gasteiger partial charge on any atom is -0.359 e. The van der Waals surface area contributed by atoms with Crippen LogP contribution in [0.15, 0.2) is 16.3 Å². The Hall–Kier alpha value is -1.58. The first-order valence-electron chi connectivity index (χ1n) is 6.58. The Labute approximate surface area is 114 Å². The predicted octanol–water partition coefficient (Wildman–Crippen LogP) is 3.24. The van der Waals surface area contributed by atoms with Crippen molar-refractivity contribution in [2.75, 3.05) is 0 Å². The Kier molecular flexibility index (Phi) is 3.07. The van der Waals surface area contributed by atoms with Gasteiger partial charge in [-0.1, -0.05) is 25.9 Å². The van der Waals surface area contributed by atoms with Gasteiger partial charge in [0.2, 0.25) is 0 Å². The predicted molar refractivity (Wildman–Crippen MR) is 74.2 cm³/mol. The minimum absolute atomic E-state index is 0.0754. The van der Waals surface area contributed by atoms with Crippen molar-refractivity contribution in [2.45, 2.75) is 53.6 Å². The van der Waals surface area contributed by atoms with E-state index >= 15 is 0 Å². The second-order valence-corrected chi connectivity index (χ2v) is 7.07. The molecule has 19 heavy (non-hydrogen) atoms. The van der Waals surface area contributed by atoms with Crippen LogP contribution in [0.1, 0.15) is 52.9 Å². The van der Waals surface area contributed by atoms with E-state index in [4.69, 9.17) is 4.52 Å². The van der Waals surface area contributed by atoms with E-state index in [9.17, 15) is 4.79 Å². The zero-order valence-corrected chi connectivity index (χ0v) is 12.6. The fourth-order valence-electron chi connectivity index (χ4n) is 2.17. The normalized spacial score (nSPS) is 17.1. The first-order valence-corrected chi connectivity index (χ1v) is 6.58. The van der Waals surface area contributed by atoms with Crippen LogP contribution in [0.4, 0.5) is 0 Å². The Morgan fingerprint density at radius 1 is 1.21 bits per heavy atom. The molecule has 4 heteroatoms. The van der Waals surface area contributed by atoms with Gasteiger partial charge in [0, 0.05) is 16.7 Å². The zero-order valence-electron chi connectivity index (χ0n) is 12.6. The topological polar surface area (TPSA) is 46.3 Å². The summed E-state index contributed by atoms with van der Waals surface area (Å²) in [7, 11) is 0. The summed E-state index contributed by atoms with van der Waals surface area (Å²) in [6.07, 6.45) is 3.60. The van der Waals surface area contributed by atoms with Crippen molar-refractivity contribution < 1.29 is 9.32 Å². The lowest BCUT2D eigenvalue weighted by Gasteiger charge is -2.37. The Bertz CT molecular complexity index is 527. The first-order chi connectivity index (χ1) is 8.60. The van der Waals surface area contributed by atoms with Gasteiger partial charge in [0.25, 0.3) is 5.91 Å². The van der Waals surface area contributed by atoms with Crippen molar-refractivity contribution in [2.24, 2.45) is 5.41 Å². The molecule has 1 aliphatic heterocycles. The van der Waals surface area contributed by atoms with Crippen LogP contribution in [0.25, 0.3) is 6.08 Å². The smallest absolute Gasteiger partial charge is 0.251 e. The number of hydrogen-bond acceptors (Lipinski definition) is 3. The van der Waals surface area contributed by atoms with Crippen LogP contribution in [0.3, 0.4) is 0 Å². The number of aromatic nitrogens is 1. The van der Waals surface area contributed by atoms with Crippen molar-refractivity contribution in [1.82, 2.24) is 10.1 Å². The lowest BCUT2D eigenvalue weighted by atomic mass is 9.84. The maximum Gasteiger partial charge on any atom is 0.251 e. The molecule has 2 rings (SSSR count). The molecule has 2 heterocycles. The summed E-state index contributed by atoms with van der Waals surface area (Å²) in [6, 6.07) is 0. The van der Waals surface area contributed by atoms with Crippen LogP contribution in [0.2, 0.25) is 0 Å². The highest BCUT2D eigenvalue weighted by Gasteiger charge is 2.36. The lowest BCUT2D eigenvalue weighted by Crippen LogP contribution is -2.46. The van der Waals surface area contributed by atoms with E-state index in [1.807, 2.05) is 31.7 Å². The summed E-state index contributed by atoms with van der Waals surface area (Å²) < 4.78 is 5.28. The SMILES string of the molecule is CC(C)(C)C1=Cc2cnoc2CN(C(C)(C)C)C1=O. The molecule has 0 atom stereocenters. The molecule has 104 valence electrons. The largest absolute Gasteiger partial charge is 0.359 e. The maximum absolute atomic E-state index is 12.8. The summed E-state index contributed by atoms with van der Waals surface area (Å²) in [5, 5.41) is 3.85. The van der Waals surface area contributed by atoms with E-state index in [0.717, 1.165) is 16.9 Å². The van der Waals surface area contributed by atoms with Gasteiger partial charge in [0.15, 0.2) is 5.76 Å². The number of carbonyl (C=O) groups excluding carboxylic acids is 1. The van der Waals surface area contributed by atoms with Gasteiger partial charge in [-0.05, 0) is 32.3 Å². The van der Waals surface area contributed by atoms with E-state index in [-0.39, 0.29) is 16.9 Å². The number of amides is 1. The molecule has 0 unspecified atom stereocenters. The van der Waals surface area contributed by atoms with Gasteiger partial charge < -0.3 is 9.42 Å². The Balaban J connectivity index is 2.57. The minimum atomic E-state index is -0.254. The first kappa shape index (κ1) is 13.8. The van der Waals surface area contributed by atoms with Crippen LogP contribution >= 0.6 is 0 Å². The third kappa shape index (κ3) is 2.57. The lowest BCUT2D eigenvalue weighted by molar-refractivity contribution is -0.133.